The molecule has 0 saturated heterocycles. The Kier molecular flexibility index (Phi) is 5.77. The zero-order valence-corrected chi connectivity index (χ0v) is 16.0. The average Bonchev–Trinajstić information content (AvgIpc) is 3.29. The van der Waals surface area contributed by atoms with Crippen LogP contribution >= 0.6 is 12.4 Å². The second-order valence-corrected chi connectivity index (χ2v) is 6.45. The van der Waals surface area contributed by atoms with E-state index in [-0.39, 0.29) is 18.1 Å². The number of aromatic amines is 1. The molecule has 0 aliphatic carbocycles. The summed E-state index contributed by atoms with van der Waals surface area (Å²) in [6.45, 7) is 3.33. The number of benzene rings is 2. The van der Waals surface area contributed by atoms with Crippen molar-refractivity contribution in [2.24, 2.45) is 0 Å². The van der Waals surface area contributed by atoms with Gasteiger partial charge in [0.2, 0.25) is 0 Å². The summed E-state index contributed by atoms with van der Waals surface area (Å²) in [6, 6.07) is 14.4. The average molecular weight is 399 g/mol. The van der Waals surface area contributed by atoms with Gasteiger partial charge in [0, 0.05) is 47.4 Å². The number of nitro benzene ring substituents is 1. The molecule has 0 atom stereocenters. The predicted molar refractivity (Wildman–Crippen MR) is 109 cm³/mol. The number of rotatable bonds is 6. The van der Waals surface area contributed by atoms with E-state index in [1.54, 1.807) is 12.1 Å². The lowest BCUT2D eigenvalue weighted by molar-refractivity contribution is -0.384. The standard InChI is InChI=1S/C20H18N4O3.ClH/c1-13-2-7-19-18(8-13)15(11-22-19)10-21-12-17-9-20(23-27-17)14-3-5-16(6-4-14)24(25)26;/h2-9,11,21-22H,10,12H2,1H3;1H. The third kappa shape index (κ3) is 4.05. The second-order valence-electron chi connectivity index (χ2n) is 6.45. The summed E-state index contributed by atoms with van der Waals surface area (Å²) < 4.78 is 5.37. The summed E-state index contributed by atoms with van der Waals surface area (Å²) in [7, 11) is 0. The smallest absolute Gasteiger partial charge is 0.269 e. The molecule has 0 spiro atoms. The number of H-pyrrole nitrogens is 1. The van der Waals surface area contributed by atoms with Crippen LogP contribution in [0.4, 0.5) is 5.69 Å². The summed E-state index contributed by atoms with van der Waals surface area (Å²) in [4.78, 5) is 13.6. The lowest BCUT2D eigenvalue weighted by Crippen LogP contribution is -2.11. The van der Waals surface area contributed by atoms with E-state index in [0.717, 1.165) is 11.1 Å². The largest absolute Gasteiger partial charge is 0.361 e. The van der Waals surface area contributed by atoms with Crippen molar-refractivity contribution >= 4 is 29.0 Å². The Morgan fingerprint density at radius 2 is 1.93 bits per heavy atom. The molecular formula is C20H19ClN4O3. The Balaban J connectivity index is 0.00000225. The lowest BCUT2D eigenvalue weighted by atomic mass is 10.1. The fourth-order valence-corrected chi connectivity index (χ4v) is 3.05. The van der Waals surface area contributed by atoms with E-state index < -0.39 is 4.92 Å². The van der Waals surface area contributed by atoms with E-state index >= 15 is 0 Å². The molecule has 8 heteroatoms. The van der Waals surface area contributed by atoms with Crippen molar-refractivity contribution in [2.45, 2.75) is 20.0 Å². The van der Waals surface area contributed by atoms with Crippen molar-refractivity contribution in [1.29, 1.82) is 0 Å². The fourth-order valence-electron chi connectivity index (χ4n) is 3.05. The number of nitrogens with zero attached hydrogens (tertiary/aromatic N) is 2. The first kappa shape index (κ1) is 19.6. The molecular weight excluding hydrogens is 380 g/mol. The maximum absolute atomic E-state index is 10.7. The predicted octanol–water partition coefficient (Wildman–Crippen LogP) is 4.75. The molecule has 0 amide bonds. The molecule has 7 nitrogen and oxygen atoms in total. The van der Waals surface area contributed by atoms with Crippen LogP contribution in [0.25, 0.3) is 22.2 Å². The van der Waals surface area contributed by atoms with E-state index in [1.165, 1.54) is 28.6 Å². The van der Waals surface area contributed by atoms with Gasteiger partial charge in [-0.3, -0.25) is 10.1 Å². The molecule has 2 N–H and O–H groups in total. The number of nitro groups is 1. The van der Waals surface area contributed by atoms with Gasteiger partial charge in [0.05, 0.1) is 11.5 Å². The third-order valence-corrected chi connectivity index (χ3v) is 4.47. The molecule has 0 aliphatic heterocycles. The van der Waals surface area contributed by atoms with Crippen LogP contribution in [-0.2, 0) is 13.1 Å². The molecule has 2 aromatic carbocycles. The van der Waals surface area contributed by atoms with Crippen molar-refractivity contribution in [2.75, 3.05) is 0 Å². The van der Waals surface area contributed by atoms with Crippen molar-refractivity contribution in [3.8, 4) is 11.3 Å². The first-order valence-electron chi connectivity index (χ1n) is 8.58. The van der Waals surface area contributed by atoms with Gasteiger partial charge in [0.1, 0.15) is 5.69 Å². The zero-order chi connectivity index (χ0) is 18.8. The van der Waals surface area contributed by atoms with Gasteiger partial charge in [0.15, 0.2) is 5.76 Å². The lowest BCUT2D eigenvalue weighted by Gasteiger charge is -2.01. The molecule has 144 valence electrons. The van der Waals surface area contributed by atoms with E-state index in [9.17, 15) is 10.1 Å². The first-order valence-corrected chi connectivity index (χ1v) is 8.58. The molecule has 4 aromatic rings. The van der Waals surface area contributed by atoms with Gasteiger partial charge in [0.25, 0.3) is 5.69 Å². The SMILES string of the molecule is Cc1ccc2[nH]cc(CNCc3cc(-c4ccc([N+](=O)[O-])cc4)no3)c2c1.Cl. The number of hydrogen-bond donors (Lipinski definition) is 2. The minimum absolute atomic E-state index is 0. The highest BCUT2D eigenvalue weighted by Crippen LogP contribution is 2.23. The highest BCUT2D eigenvalue weighted by atomic mass is 35.5. The topological polar surface area (TPSA) is 97.0 Å². The monoisotopic (exact) mass is 398 g/mol. The number of nitrogens with one attached hydrogen (secondary N) is 2. The van der Waals surface area contributed by atoms with Gasteiger partial charge < -0.3 is 14.8 Å². The number of hydrogen-bond acceptors (Lipinski definition) is 5. The number of non-ortho nitro benzene ring substituents is 1. The molecule has 2 aromatic heterocycles. The third-order valence-electron chi connectivity index (χ3n) is 4.47. The van der Waals surface area contributed by atoms with Crippen LogP contribution in [0.5, 0.6) is 0 Å². The summed E-state index contributed by atoms with van der Waals surface area (Å²) in [5, 5.41) is 19.4. The molecule has 0 fully saturated rings. The number of aryl methyl sites for hydroxylation is 1. The maximum Gasteiger partial charge on any atom is 0.269 e. The van der Waals surface area contributed by atoms with Crippen molar-refractivity contribution in [1.82, 2.24) is 15.5 Å². The van der Waals surface area contributed by atoms with Crippen LogP contribution in [0, 0.1) is 17.0 Å². The van der Waals surface area contributed by atoms with Crippen LogP contribution in [-0.4, -0.2) is 15.1 Å². The number of fused-ring (bicyclic) bond motifs is 1. The van der Waals surface area contributed by atoms with Crippen molar-refractivity contribution < 1.29 is 9.45 Å². The van der Waals surface area contributed by atoms with Gasteiger partial charge in [-0.15, -0.1) is 12.4 Å². The Bertz CT molecular complexity index is 1100. The highest BCUT2D eigenvalue weighted by molar-refractivity contribution is 5.85. The van der Waals surface area contributed by atoms with E-state index in [4.69, 9.17) is 4.52 Å². The van der Waals surface area contributed by atoms with E-state index in [2.05, 4.69) is 40.6 Å². The summed E-state index contributed by atoms with van der Waals surface area (Å²) in [6.07, 6.45) is 2.01. The molecule has 0 saturated carbocycles. The van der Waals surface area contributed by atoms with Crippen LogP contribution in [0.2, 0.25) is 0 Å². The van der Waals surface area contributed by atoms with E-state index in [1.807, 2.05) is 12.3 Å². The molecule has 0 radical (unpaired) electrons. The van der Waals surface area contributed by atoms with Gasteiger partial charge >= 0.3 is 0 Å². The molecule has 2 heterocycles. The van der Waals surface area contributed by atoms with E-state index in [0.29, 0.717) is 24.5 Å². The van der Waals surface area contributed by atoms with Crippen LogP contribution < -0.4 is 5.32 Å². The zero-order valence-electron chi connectivity index (χ0n) is 15.1. The van der Waals surface area contributed by atoms with Crippen molar-refractivity contribution in [3.63, 3.8) is 0 Å². The van der Waals surface area contributed by atoms with Crippen LogP contribution in [0.1, 0.15) is 16.9 Å². The fraction of sp³-hybridized carbons (Fsp3) is 0.150. The Morgan fingerprint density at radius 3 is 2.68 bits per heavy atom. The Labute approximate surface area is 167 Å². The molecule has 28 heavy (non-hydrogen) atoms. The maximum atomic E-state index is 10.7. The molecule has 0 unspecified atom stereocenters. The quantitative estimate of drug-likeness (QED) is 0.361. The number of aromatic nitrogens is 2. The minimum Gasteiger partial charge on any atom is -0.361 e. The highest BCUT2D eigenvalue weighted by Gasteiger charge is 2.10. The van der Waals surface area contributed by atoms with Crippen LogP contribution in [0.3, 0.4) is 0 Å². The van der Waals surface area contributed by atoms with Gasteiger partial charge in [-0.1, -0.05) is 16.8 Å². The van der Waals surface area contributed by atoms with Gasteiger partial charge in [-0.25, -0.2) is 0 Å². The Hall–Kier alpha value is -3.16. The normalized spacial score (nSPS) is 10.8. The molecule has 0 bridgehead atoms. The minimum atomic E-state index is -0.422. The van der Waals surface area contributed by atoms with Gasteiger partial charge in [-0.05, 0) is 36.8 Å². The van der Waals surface area contributed by atoms with Crippen molar-refractivity contribution in [3.05, 3.63) is 81.7 Å². The Morgan fingerprint density at radius 1 is 1.14 bits per heavy atom. The van der Waals surface area contributed by atoms with Crippen LogP contribution in [0.15, 0.2) is 59.3 Å². The summed E-state index contributed by atoms with van der Waals surface area (Å²) in [5.41, 5.74) is 5.04. The summed E-state index contributed by atoms with van der Waals surface area (Å²) in [5.74, 6) is 0.708. The van der Waals surface area contributed by atoms with Gasteiger partial charge in [-0.2, -0.15) is 0 Å². The molecule has 0 aliphatic rings. The number of halogens is 1. The molecule has 4 rings (SSSR count). The second kappa shape index (κ2) is 8.24. The summed E-state index contributed by atoms with van der Waals surface area (Å²) >= 11 is 0. The first-order chi connectivity index (χ1) is 13.1.